The summed E-state index contributed by atoms with van der Waals surface area (Å²) >= 11 is 0. The van der Waals surface area contributed by atoms with Gasteiger partial charge in [0.15, 0.2) is 0 Å². The van der Waals surface area contributed by atoms with Crippen molar-refractivity contribution in [1.29, 1.82) is 0 Å². The topological polar surface area (TPSA) is 45.2 Å². The number of anilines is 1. The van der Waals surface area contributed by atoms with Gasteiger partial charge in [-0.05, 0) is 29.8 Å². The lowest BCUT2D eigenvalue weighted by atomic mass is 10.2. The molecule has 0 bridgehead atoms. The van der Waals surface area contributed by atoms with E-state index in [0.29, 0.717) is 5.52 Å². The van der Waals surface area contributed by atoms with Gasteiger partial charge in [-0.1, -0.05) is 6.07 Å². The predicted molar refractivity (Wildman–Crippen MR) is 91.2 cm³/mol. The van der Waals surface area contributed by atoms with Gasteiger partial charge in [0.1, 0.15) is 23.5 Å². The number of hydrogen-bond acceptors (Lipinski definition) is 5. The number of rotatable bonds is 3. The van der Waals surface area contributed by atoms with Crippen molar-refractivity contribution in [3.8, 4) is 0 Å². The number of halogens is 1. The average Bonchev–Trinajstić information content (AvgIpc) is 2.63. The number of pyridine rings is 1. The van der Waals surface area contributed by atoms with Gasteiger partial charge in [0, 0.05) is 50.5 Å². The van der Waals surface area contributed by atoms with E-state index in [4.69, 9.17) is 0 Å². The van der Waals surface area contributed by atoms with Gasteiger partial charge >= 0.3 is 0 Å². The van der Waals surface area contributed by atoms with E-state index >= 15 is 0 Å². The fourth-order valence-corrected chi connectivity index (χ4v) is 3.15. The third kappa shape index (κ3) is 2.92. The molecular weight excluding hydrogens is 305 g/mol. The molecule has 0 spiro atoms. The highest BCUT2D eigenvalue weighted by molar-refractivity contribution is 5.89. The van der Waals surface area contributed by atoms with E-state index in [-0.39, 0.29) is 5.82 Å². The van der Waals surface area contributed by atoms with Crippen molar-refractivity contribution >= 4 is 16.7 Å². The molecule has 2 aromatic heterocycles. The van der Waals surface area contributed by atoms with Crippen LogP contribution in [0.15, 0.2) is 49.1 Å². The number of hydrogen-bond donors (Lipinski definition) is 0. The van der Waals surface area contributed by atoms with Gasteiger partial charge in [-0.15, -0.1) is 0 Å². The molecule has 1 fully saturated rings. The first-order chi connectivity index (χ1) is 11.8. The van der Waals surface area contributed by atoms with Crippen LogP contribution in [0.1, 0.15) is 5.56 Å². The molecule has 24 heavy (non-hydrogen) atoms. The molecule has 0 aliphatic carbocycles. The van der Waals surface area contributed by atoms with E-state index in [2.05, 4.69) is 24.8 Å². The Balaban J connectivity index is 1.49. The van der Waals surface area contributed by atoms with Crippen LogP contribution in [0, 0.1) is 5.82 Å². The molecule has 4 rings (SSSR count). The molecule has 0 N–H and O–H groups in total. The van der Waals surface area contributed by atoms with Crippen molar-refractivity contribution < 1.29 is 4.39 Å². The summed E-state index contributed by atoms with van der Waals surface area (Å²) in [6.07, 6.45) is 5.10. The summed E-state index contributed by atoms with van der Waals surface area (Å²) in [6, 6.07) is 9.13. The molecule has 0 saturated carbocycles. The Hall–Kier alpha value is -2.60. The smallest absolute Gasteiger partial charge is 0.149 e. The minimum atomic E-state index is -0.299. The Bertz CT molecular complexity index is 831. The highest BCUT2D eigenvalue weighted by Gasteiger charge is 2.20. The second-order valence-corrected chi connectivity index (χ2v) is 5.95. The van der Waals surface area contributed by atoms with Crippen molar-refractivity contribution in [2.24, 2.45) is 0 Å². The van der Waals surface area contributed by atoms with Crippen molar-refractivity contribution in [3.63, 3.8) is 0 Å². The predicted octanol–water partition coefficient (Wildman–Crippen LogP) is 2.49. The third-order valence-corrected chi connectivity index (χ3v) is 4.42. The third-order valence-electron chi connectivity index (χ3n) is 4.42. The SMILES string of the molecule is Fc1cccc2c(N3CCN(Cc4ccncc4)CC3)ncnc12. The number of benzene rings is 1. The number of fused-ring (bicyclic) bond motifs is 1. The van der Waals surface area contributed by atoms with Crippen LogP contribution in [-0.4, -0.2) is 46.0 Å². The van der Waals surface area contributed by atoms with Gasteiger partial charge in [0.05, 0.1) is 0 Å². The summed E-state index contributed by atoms with van der Waals surface area (Å²) in [5, 5.41) is 0.778. The summed E-state index contributed by atoms with van der Waals surface area (Å²) < 4.78 is 13.9. The van der Waals surface area contributed by atoms with Gasteiger partial charge in [-0.25, -0.2) is 14.4 Å². The van der Waals surface area contributed by atoms with Crippen LogP contribution in [0.5, 0.6) is 0 Å². The Morgan fingerprint density at radius 3 is 2.54 bits per heavy atom. The average molecular weight is 323 g/mol. The van der Waals surface area contributed by atoms with Crippen LogP contribution in [0.25, 0.3) is 10.9 Å². The minimum Gasteiger partial charge on any atom is -0.353 e. The standard InChI is InChI=1S/C18H18FN5/c19-16-3-1-2-15-17(16)21-13-22-18(15)24-10-8-23(9-11-24)12-14-4-6-20-7-5-14/h1-7,13H,8-12H2. The molecule has 0 unspecified atom stereocenters. The van der Waals surface area contributed by atoms with E-state index in [1.54, 1.807) is 6.07 Å². The quantitative estimate of drug-likeness (QED) is 0.741. The molecular formula is C18H18FN5. The summed E-state index contributed by atoms with van der Waals surface area (Å²) in [7, 11) is 0. The van der Waals surface area contributed by atoms with Gasteiger partial charge in [0.2, 0.25) is 0 Å². The number of para-hydroxylation sites is 1. The van der Waals surface area contributed by atoms with E-state index < -0.39 is 0 Å². The molecule has 0 amide bonds. The summed E-state index contributed by atoms with van der Waals surface area (Å²) in [6.45, 7) is 4.56. The highest BCUT2D eigenvalue weighted by Crippen LogP contribution is 2.25. The molecule has 3 heterocycles. The Kier molecular flexibility index (Phi) is 4.04. The minimum absolute atomic E-state index is 0.299. The van der Waals surface area contributed by atoms with Gasteiger partial charge < -0.3 is 4.90 Å². The summed E-state index contributed by atoms with van der Waals surface area (Å²) in [4.78, 5) is 17.2. The van der Waals surface area contributed by atoms with E-state index in [0.717, 1.165) is 43.9 Å². The molecule has 0 radical (unpaired) electrons. The van der Waals surface area contributed by atoms with E-state index in [1.165, 1.54) is 18.0 Å². The molecule has 3 aromatic rings. The van der Waals surface area contributed by atoms with Gasteiger partial charge in [-0.2, -0.15) is 0 Å². The van der Waals surface area contributed by atoms with Crippen LogP contribution in [0.2, 0.25) is 0 Å². The van der Waals surface area contributed by atoms with E-state index in [9.17, 15) is 4.39 Å². The Morgan fingerprint density at radius 1 is 0.958 bits per heavy atom. The maximum absolute atomic E-state index is 13.9. The van der Waals surface area contributed by atoms with Crippen LogP contribution >= 0.6 is 0 Å². The summed E-state index contributed by atoms with van der Waals surface area (Å²) in [5.41, 5.74) is 1.66. The van der Waals surface area contributed by atoms with E-state index in [1.807, 2.05) is 30.6 Å². The fourth-order valence-electron chi connectivity index (χ4n) is 3.15. The fraction of sp³-hybridized carbons (Fsp3) is 0.278. The second kappa shape index (κ2) is 6.49. The zero-order chi connectivity index (χ0) is 16.4. The maximum atomic E-state index is 13.9. The zero-order valence-corrected chi connectivity index (χ0v) is 13.3. The Morgan fingerprint density at radius 2 is 1.75 bits per heavy atom. The molecule has 1 saturated heterocycles. The van der Waals surface area contributed by atoms with Crippen molar-refractivity contribution in [1.82, 2.24) is 19.9 Å². The van der Waals surface area contributed by atoms with Crippen LogP contribution in [0.4, 0.5) is 10.2 Å². The van der Waals surface area contributed by atoms with Crippen LogP contribution in [-0.2, 0) is 6.54 Å². The van der Waals surface area contributed by atoms with Crippen LogP contribution in [0.3, 0.4) is 0 Å². The van der Waals surface area contributed by atoms with Crippen molar-refractivity contribution in [3.05, 3.63) is 60.4 Å². The van der Waals surface area contributed by atoms with Crippen molar-refractivity contribution in [2.45, 2.75) is 6.54 Å². The molecule has 1 aliphatic rings. The molecule has 0 atom stereocenters. The lowest BCUT2D eigenvalue weighted by Gasteiger charge is -2.35. The number of nitrogens with zero attached hydrogens (tertiary/aromatic N) is 5. The first-order valence-corrected chi connectivity index (χ1v) is 8.07. The first kappa shape index (κ1) is 15.0. The summed E-state index contributed by atoms with van der Waals surface area (Å²) in [5.74, 6) is 0.524. The van der Waals surface area contributed by atoms with Crippen molar-refractivity contribution in [2.75, 3.05) is 31.1 Å². The van der Waals surface area contributed by atoms with Crippen LogP contribution < -0.4 is 4.90 Å². The Labute approximate surface area is 139 Å². The first-order valence-electron chi connectivity index (χ1n) is 8.07. The maximum Gasteiger partial charge on any atom is 0.149 e. The lowest BCUT2D eigenvalue weighted by Crippen LogP contribution is -2.46. The largest absolute Gasteiger partial charge is 0.353 e. The zero-order valence-electron chi connectivity index (χ0n) is 13.3. The lowest BCUT2D eigenvalue weighted by molar-refractivity contribution is 0.249. The molecule has 1 aromatic carbocycles. The normalized spacial score (nSPS) is 15.8. The highest BCUT2D eigenvalue weighted by atomic mass is 19.1. The second-order valence-electron chi connectivity index (χ2n) is 5.95. The van der Waals surface area contributed by atoms with Gasteiger partial charge in [-0.3, -0.25) is 9.88 Å². The van der Waals surface area contributed by atoms with Gasteiger partial charge in [0.25, 0.3) is 0 Å². The number of aromatic nitrogens is 3. The molecule has 122 valence electrons. The monoisotopic (exact) mass is 323 g/mol. The molecule has 1 aliphatic heterocycles. The molecule has 6 heteroatoms. The molecule has 5 nitrogen and oxygen atoms in total. The number of piperazine rings is 1.